The van der Waals surface area contributed by atoms with Crippen molar-refractivity contribution in [3.05, 3.63) is 54.9 Å². The van der Waals surface area contributed by atoms with Crippen LogP contribution in [-0.2, 0) is 23.4 Å². The number of amides is 2. The zero-order valence-electron chi connectivity index (χ0n) is 21.7. The van der Waals surface area contributed by atoms with Crippen LogP contribution in [0.3, 0.4) is 0 Å². The van der Waals surface area contributed by atoms with E-state index >= 15 is 4.39 Å². The van der Waals surface area contributed by atoms with E-state index < -0.39 is 55.3 Å². The van der Waals surface area contributed by atoms with E-state index in [0.717, 1.165) is 11.3 Å². The minimum Gasteiger partial charge on any atom is -0.465 e. The van der Waals surface area contributed by atoms with E-state index in [1.54, 1.807) is 18.2 Å². The first-order valence-electron chi connectivity index (χ1n) is 12.6. The molecule has 1 unspecified atom stereocenters. The molecular formula is C25H33FN3O8PS. The number of carbonyl (C=O) groups excluding carboxylic acids is 2. The van der Waals surface area contributed by atoms with Crippen LogP contribution in [0.15, 0.2) is 54.9 Å². The molecule has 4 rings (SSSR count). The van der Waals surface area contributed by atoms with Crippen molar-refractivity contribution in [1.29, 1.82) is 0 Å². The van der Waals surface area contributed by atoms with Gasteiger partial charge in [0.05, 0.1) is 11.4 Å². The van der Waals surface area contributed by atoms with Crippen LogP contribution >= 0.6 is 19.5 Å². The van der Waals surface area contributed by atoms with E-state index in [1.807, 2.05) is 6.92 Å². The van der Waals surface area contributed by atoms with Gasteiger partial charge in [-0.05, 0) is 43.7 Å². The van der Waals surface area contributed by atoms with Gasteiger partial charge < -0.3 is 24.4 Å². The average molecular weight is 586 g/mol. The monoisotopic (exact) mass is 585 g/mol. The van der Waals surface area contributed by atoms with Crippen LogP contribution in [0, 0.1) is 0 Å². The molecule has 1 aromatic rings. The van der Waals surface area contributed by atoms with E-state index in [4.69, 9.17) is 18.5 Å². The maximum atomic E-state index is 16.3. The molecule has 11 nitrogen and oxygen atoms in total. The molecule has 0 saturated carbocycles. The first-order chi connectivity index (χ1) is 18.5. The number of carbonyl (C=O) groups is 2. The predicted molar refractivity (Wildman–Crippen MR) is 142 cm³/mol. The summed E-state index contributed by atoms with van der Waals surface area (Å²) < 4.78 is 50.8. The largest absolute Gasteiger partial charge is 0.465 e. The highest BCUT2D eigenvalue weighted by molar-refractivity contribution is 8.02. The quantitative estimate of drug-likeness (QED) is 0.189. The van der Waals surface area contributed by atoms with Crippen LogP contribution in [-0.4, -0.2) is 69.9 Å². The second-order valence-electron chi connectivity index (χ2n) is 9.44. The fourth-order valence-electron chi connectivity index (χ4n) is 4.28. The second kappa shape index (κ2) is 12.0. The van der Waals surface area contributed by atoms with Crippen molar-refractivity contribution in [2.75, 3.05) is 19.0 Å². The molecule has 3 aliphatic heterocycles. The molecule has 0 radical (unpaired) electrons. The number of hydrogen-bond acceptors (Lipinski definition) is 9. The van der Waals surface area contributed by atoms with E-state index in [2.05, 4.69) is 17.0 Å². The van der Waals surface area contributed by atoms with Crippen molar-refractivity contribution in [2.24, 2.45) is 0 Å². The molecule has 0 aliphatic carbocycles. The van der Waals surface area contributed by atoms with E-state index in [0.29, 0.717) is 24.3 Å². The smallest absolute Gasteiger partial charge is 0.459 e. The van der Waals surface area contributed by atoms with Crippen LogP contribution in [0.2, 0.25) is 0 Å². The Morgan fingerprint density at radius 2 is 2.15 bits per heavy atom. The first kappa shape index (κ1) is 29.6. The number of halogens is 1. The molecule has 2 saturated heterocycles. The van der Waals surface area contributed by atoms with E-state index in [-0.39, 0.29) is 12.4 Å². The highest BCUT2D eigenvalue weighted by Crippen LogP contribution is 2.58. The number of benzene rings is 1. The summed E-state index contributed by atoms with van der Waals surface area (Å²) >= 11 is 1.26. The van der Waals surface area contributed by atoms with Gasteiger partial charge in [0.1, 0.15) is 24.5 Å². The number of para-hydroxylation sites is 1. The Morgan fingerprint density at radius 1 is 1.44 bits per heavy atom. The van der Waals surface area contributed by atoms with Crippen molar-refractivity contribution < 1.29 is 42.2 Å². The van der Waals surface area contributed by atoms with Crippen LogP contribution in [0.25, 0.3) is 0 Å². The number of esters is 1. The molecule has 39 heavy (non-hydrogen) atoms. The molecule has 6 atom stereocenters. The molecular weight excluding hydrogens is 552 g/mol. The Labute approximate surface area is 230 Å². The topological polar surface area (TPSA) is 136 Å². The summed E-state index contributed by atoms with van der Waals surface area (Å²) in [5.41, 5.74) is 0.354. The van der Waals surface area contributed by atoms with Gasteiger partial charge in [-0.25, -0.2) is 13.8 Å². The Balaban J connectivity index is 1.52. The predicted octanol–water partition coefficient (Wildman–Crippen LogP) is 3.82. The average Bonchev–Trinajstić information content (AvgIpc) is 3.11. The summed E-state index contributed by atoms with van der Waals surface area (Å²) in [5, 5.41) is 16.1. The molecule has 3 N–H and O–H groups in total. The number of hydrogen-bond donors (Lipinski definition) is 3. The molecule has 2 amide bonds. The van der Waals surface area contributed by atoms with Crippen LogP contribution < -0.4 is 14.9 Å². The molecule has 3 aliphatic rings. The Morgan fingerprint density at radius 3 is 2.77 bits per heavy atom. The minimum absolute atomic E-state index is 0.139. The molecule has 214 valence electrons. The number of thioether (sulfide) groups is 1. The Hall–Kier alpha value is -2.41. The maximum Gasteiger partial charge on any atom is 0.459 e. The normalized spacial score (nSPS) is 30.4. The standard InChI is InChI=1S/C25H33FN3O8PS/c1-4-5-14-34-20(30)18(3)28-38(33,37-19-9-7-6-8-10-19)35-16-25(26)21(31)24(12-15-39-24)22(36-25)29-13-11-17(2)27-23(29)32/h6-11,13,18,21-22,31H,2,4-5,12,14-16H2,1,3H3,(H,27,32)(H,28,33)/t18-,21-,22+,24+,25+,38?/m0/s1. The fourth-order valence-corrected chi connectivity index (χ4v) is 7.10. The zero-order valence-corrected chi connectivity index (χ0v) is 23.4. The number of aliphatic hydroxyl groups excluding tert-OH is 1. The molecule has 1 spiro atoms. The number of aliphatic hydroxyl groups is 1. The summed E-state index contributed by atoms with van der Waals surface area (Å²) in [6, 6.07) is 6.30. The number of ether oxygens (including phenoxy) is 2. The van der Waals surface area contributed by atoms with E-state index in [9.17, 15) is 19.3 Å². The molecule has 0 bridgehead atoms. The number of rotatable bonds is 12. The second-order valence-corrected chi connectivity index (χ2v) is 12.6. The van der Waals surface area contributed by atoms with Crippen molar-refractivity contribution in [1.82, 2.24) is 15.3 Å². The lowest BCUT2D eigenvalue weighted by Crippen LogP contribution is -2.59. The number of nitrogens with zero attached hydrogens (tertiary/aromatic N) is 1. The lowest BCUT2D eigenvalue weighted by atomic mass is 9.93. The molecule has 2 fully saturated rings. The van der Waals surface area contributed by atoms with Gasteiger partial charge >= 0.3 is 19.7 Å². The summed E-state index contributed by atoms with van der Waals surface area (Å²) in [4.78, 5) is 26.2. The summed E-state index contributed by atoms with van der Waals surface area (Å²) in [6.45, 7) is 6.19. The van der Waals surface area contributed by atoms with Gasteiger partial charge in [0.25, 0.3) is 5.85 Å². The van der Waals surface area contributed by atoms with Crippen LogP contribution in [0.1, 0.15) is 33.1 Å². The van der Waals surface area contributed by atoms with Gasteiger partial charge in [-0.3, -0.25) is 14.2 Å². The molecule has 3 heterocycles. The van der Waals surface area contributed by atoms with Gasteiger partial charge in [-0.15, -0.1) is 11.8 Å². The third kappa shape index (κ3) is 6.34. The third-order valence-electron chi connectivity index (χ3n) is 6.50. The lowest BCUT2D eigenvalue weighted by molar-refractivity contribution is -0.204. The first-order valence-corrected chi connectivity index (χ1v) is 15.1. The number of urea groups is 1. The Bertz CT molecular complexity index is 1150. The van der Waals surface area contributed by atoms with Crippen molar-refractivity contribution >= 4 is 31.5 Å². The zero-order chi connectivity index (χ0) is 28.3. The summed E-state index contributed by atoms with van der Waals surface area (Å²) in [7, 11) is -4.42. The van der Waals surface area contributed by atoms with Crippen LogP contribution in [0.5, 0.6) is 5.75 Å². The van der Waals surface area contributed by atoms with Gasteiger partial charge in [0.15, 0.2) is 6.23 Å². The van der Waals surface area contributed by atoms with Crippen molar-refractivity contribution in [2.45, 2.75) is 62.1 Å². The SMILES string of the molecule is C=C1C=CN([C@@H]2O[C@](F)(COP(=O)(N[C@@H](C)C(=O)OCCCC)Oc3ccccc3)[C@@H](O)[C@]23CCS3)C(=O)N1. The van der Waals surface area contributed by atoms with Crippen LogP contribution in [0.4, 0.5) is 9.18 Å². The van der Waals surface area contributed by atoms with Crippen molar-refractivity contribution in [3.63, 3.8) is 0 Å². The van der Waals surface area contributed by atoms with Gasteiger partial charge in [0, 0.05) is 11.9 Å². The Kier molecular flexibility index (Phi) is 9.09. The highest BCUT2D eigenvalue weighted by Gasteiger charge is 2.70. The number of alkyl halides is 1. The maximum absolute atomic E-state index is 16.3. The molecule has 1 aromatic carbocycles. The minimum atomic E-state index is -4.42. The summed E-state index contributed by atoms with van der Waals surface area (Å²) in [5.74, 6) is -2.79. The molecule has 0 aromatic heterocycles. The van der Waals surface area contributed by atoms with Gasteiger partial charge in [-0.1, -0.05) is 38.1 Å². The van der Waals surface area contributed by atoms with Gasteiger partial charge in [0.2, 0.25) is 0 Å². The highest BCUT2D eigenvalue weighted by atomic mass is 32.2. The fraction of sp³-hybridized carbons (Fsp3) is 0.520. The number of nitrogens with one attached hydrogen (secondary N) is 2. The summed E-state index contributed by atoms with van der Waals surface area (Å²) in [6.07, 6.45) is 1.86. The van der Waals surface area contributed by atoms with Crippen molar-refractivity contribution in [3.8, 4) is 5.75 Å². The van der Waals surface area contributed by atoms with Gasteiger partial charge in [-0.2, -0.15) is 5.09 Å². The number of allylic oxidation sites excluding steroid dienone is 1. The lowest BCUT2D eigenvalue weighted by Gasteiger charge is -2.46. The molecule has 14 heteroatoms. The third-order valence-corrected chi connectivity index (χ3v) is 9.70. The number of unbranched alkanes of at least 4 members (excludes halogenated alkanes) is 1. The van der Waals surface area contributed by atoms with E-state index in [1.165, 1.54) is 43.1 Å².